The van der Waals surface area contributed by atoms with Crippen molar-refractivity contribution in [2.75, 3.05) is 20.6 Å². The molecule has 2 aromatic heterocycles. The van der Waals surface area contributed by atoms with Crippen molar-refractivity contribution in [3.05, 3.63) is 54.1 Å². The Morgan fingerprint density at radius 2 is 1.93 bits per heavy atom. The minimum Gasteiger partial charge on any atom is -0.349 e. The van der Waals surface area contributed by atoms with Crippen molar-refractivity contribution in [1.82, 2.24) is 24.8 Å². The molecule has 1 N–H and O–H groups in total. The van der Waals surface area contributed by atoms with E-state index in [0.717, 1.165) is 11.3 Å². The molecule has 1 amide bonds. The molecule has 0 aliphatic rings. The topological polar surface area (TPSA) is 62.5 Å². The third-order valence-electron chi connectivity index (χ3n) is 4.64. The third-order valence-corrected chi connectivity index (χ3v) is 4.64. The van der Waals surface area contributed by atoms with Gasteiger partial charge in [0, 0.05) is 30.4 Å². The summed E-state index contributed by atoms with van der Waals surface area (Å²) in [7, 11) is 4.00. The van der Waals surface area contributed by atoms with E-state index >= 15 is 0 Å². The molecule has 1 atom stereocenters. The minimum absolute atomic E-state index is 0.235. The SMILES string of the molecule is CC(C)C(CNC(=O)c1cc2nccc(-c3ccc(F)cc3)n2n1)N(C)C. The Balaban J connectivity index is 1.85. The van der Waals surface area contributed by atoms with Gasteiger partial charge in [0.15, 0.2) is 11.3 Å². The molecule has 3 rings (SSSR count). The fourth-order valence-corrected chi connectivity index (χ4v) is 3.15. The Morgan fingerprint density at radius 1 is 1.22 bits per heavy atom. The monoisotopic (exact) mass is 369 g/mol. The molecular weight excluding hydrogens is 345 g/mol. The lowest BCUT2D eigenvalue weighted by atomic mass is 10.0. The van der Waals surface area contributed by atoms with E-state index in [1.165, 1.54) is 12.1 Å². The minimum atomic E-state index is -0.301. The van der Waals surface area contributed by atoms with Gasteiger partial charge in [-0.1, -0.05) is 13.8 Å². The van der Waals surface area contributed by atoms with Crippen molar-refractivity contribution in [1.29, 1.82) is 0 Å². The molecule has 0 spiro atoms. The number of aromatic nitrogens is 3. The smallest absolute Gasteiger partial charge is 0.271 e. The van der Waals surface area contributed by atoms with Gasteiger partial charge in [0.2, 0.25) is 0 Å². The lowest BCUT2D eigenvalue weighted by Gasteiger charge is -2.27. The highest BCUT2D eigenvalue weighted by atomic mass is 19.1. The van der Waals surface area contributed by atoms with Gasteiger partial charge in [-0.3, -0.25) is 4.79 Å². The Hall–Kier alpha value is -2.80. The molecule has 1 aromatic carbocycles. The number of nitrogens with one attached hydrogen (secondary N) is 1. The first-order chi connectivity index (χ1) is 12.9. The van der Waals surface area contributed by atoms with Gasteiger partial charge >= 0.3 is 0 Å². The summed E-state index contributed by atoms with van der Waals surface area (Å²) in [4.78, 5) is 19.0. The molecule has 6 nitrogen and oxygen atoms in total. The van der Waals surface area contributed by atoms with Gasteiger partial charge in [-0.15, -0.1) is 0 Å². The van der Waals surface area contributed by atoms with Gasteiger partial charge in [-0.25, -0.2) is 13.9 Å². The largest absolute Gasteiger partial charge is 0.349 e. The number of carbonyl (C=O) groups is 1. The zero-order chi connectivity index (χ0) is 19.6. The van der Waals surface area contributed by atoms with Crippen LogP contribution in [-0.4, -0.2) is 52.1 Å². The summed E-state index contributed by atoms with van der Waals surface area (Å²) in [5.41, 5.74) is 2.41. The molecule has 3 aromatic rings. The second-order valence-electron chi connectivity index (χ2n) is 7.12. The van der Waals surface area contributed by atoms with Crippen LogP contribution in [-0.2, 0) is 0 Å². The summed E-state index contributed by atoms with van der Waals surface area (Å²) in [6.07, 6.45) is 1.65. The molecule has 0 saturated carbocycles. The Morgan fingerprint density at radius 3 is 2.56 bits per heavy atom. The van der Waals surface area contributed by atoms with Gasteiger partial charge in [0.05, 0.1) is 5.69 Å². The lowest BCUT2D eigenvalue weighted by molar-refractivity contribution is 0.0929. The van der Waals surface area contributed by atoms with Crippen LogP contribution < -0.4 is 5.32 Å². The van der Waals surface area contributed by atoms with Crippen LogP contribution in [0, 0.1) is 11.7 Å². The zero-order valence-corrected chi connectivity index (χ0v) is 16.0. The number of rotatable bonds is 6. The number of carbonyl (C=O) groups excluding carboxylic acids is 1. The second kappa shape index (κ2) is 7.84. The standard InChI is InChI=1S/C20H24FN5O/c1-13(2)18(25(3)4)12-23-20(27)16-11-19-22-10-9-17(26(19)24-16)14-5-7-15(21)8-6-14/h5-11,13,18H,12H2,1-4H3,(H,23,27). The van der Waals surface area contributed by atoms with Gasteiger partial charge in [-0.2, -0.15) is 5.10 Å². The summed E-state index contributed by atoms with van der Waals surface area (Å²) in [6.45, 7) is 4.79. The quantitative estimate of drug-likeness (QED) is 0.726. The van der Waals surface area contributed by atoms with E-state index in [1.54, 1.807) is 35.0 Å². The average molecular weight is 369 g/mol. The van der Waals surface area contributed by atoms with Crippen molar-refractivity contribution >= 4 is 11.6 Å². The van der Waals surface area contributed by atoms with E-state index < -0.39 is 0 Å². The molecule has 0 saturated heterocycles. The molecule has 0 aliphatic carbocycles. The first-order valence-corrected chi connectivity index (χ1v) is 8.92. The van der Waals surface area contributed by atoms with Crippen molar-refractivity contribution < 1.29 is 9.18 Å². The molecule has 0 radical (unpaired) electrons. The first-order valence-electron chi connectivity index (χ1n) is 8.92. The fraction of sp³-hybridized carbons (Fsp3) is 0.350. The second-order valence-corrected chi connectivity index (χ2v) is 7.12. The fourth-order valence-electron chi connectivity index (χ4n) is 3.15. The van der Waals surface area contributed by atoms with Crippen LogP contribution in [0.2, 0.25) is 0 Å². The highest BCUT2D eigenvalue weighted by Gasteiger charge is 2.19. The molecule has 0 bridgehead atoms. The zero-order valence-electron chi connectivity index (χ0n) is 16.0. The Bertz CT molecular complexity index is 925. The number of nitrogens with zero attached hydrogens (tertiary/aromatic N) is 4. The predicted molar refractivity (Wildman–Crippen MR) is 103 cm³/mol. The molecule has 0 fully saturated rings. The molecule has 142 valence electrons. The maximum absolute atomic E-state index is 13.2. The Labute approximate surface area is 158 Å². The number of likely N-dealkylation sites (N-methyl/N-ethyl adjacent to an activating group) is 1. The third kappa shape index (κ3) is 4.14. The van der Waals surface area contributed by atoms with Gasteiger partial charge in [-0.05, 0) is 50.3 Å². The number of hydrogen-bond donors (Lipinski definition) is 1. The summed E-state index contributed by atoms with van der Waals surface area (Å²) < 4.78 is 14.8. The van der Waals surface area contributed by atoms with Crippen molar-refractivity contribution in [2.45, 2.75) is 19.9 Å². The van der Waals surface area contributed by atoms with Crippen LogP contribution in [0.3, 0.4) is 0 Å². The predicted octanol–water partition coefficient (Wildman–Crippen LogP) is 2.85. The van der Waals surface area contributed by atoms with Crippen molar-refractivity contribution in [2.24, 2.45) is 5.92 Å². The summed E-state index contributed by atoms with van der Waals surface area (Å²) in [5.74, 6) is -0.128. The summed E-state index contributed by atoms with van der Waals surface area (Å²) >= 11 is 0. The molecule has 1 unspecified atom stereocenters. The maximum atomic E-state index is 13.2. The Kier molecular flexibility index (Phi) is 5.51. The molecule has 27 heavy (non-hydrogen) atoms. The summed E-state index contributed by atoms with van der Waals surface area (Å²) in [6, 6.07) is 9.82. The maximum Gasteiger partial charge on any atom is 0.271 e. The van der Waals surface area contributed by atoms with Gasteiger partial charge in [0.25, 0.3) is 5.91 Å². The molecule has 0 aliphatic heterocycles. The van der Waals surface area contributed by atoms with Crippen LogP contribution in [0.25, 0.3) is 16.9 Å². The number of hydrogen-bond acceptors (Lipinski definition) is 4. The van der Waals surface area contributed by atoms with E-state index in [4.69, 9.17) is 0 Å². The van der Waals surface area contributed by atoms with E-state index in [2.05, 4.69) is 34.1 Å². The van der Waals surface area contributed by atoms with Crippen LogP contribution >= 0.6 is 0 Å². The molecule has 7 heteroatoms. The van der Waals surface area contributed by atoms with Crippen LogP contribution in [0.15, 0.2) is 42.6 Å². The van der Waals surface area contributed by atoms with Crippen molar-refractivity contribution in [3.63, 3.8) is 0 Å². The van der Waals surface area contributed by atoms with E-state index in [0.29, 0.717) is 23.8 Å². The van der Waals surface area contributed by atoms with Gasteiger partial charge < -0.3 is 10.2 Å². The summed E-state index contributed by atoms with van der Waals surface area (Å²) in [5, 5.41) is 7.37. The molecule has 2 heterocycles. The molecular formula is C20H24FN5O. The van der Waals surface area contributed by atoms with Crippen molar-refractivity contribution in [3.8, 4) is 11.3 Å². The highest BCUT2D eigenvalue weighted by Crippen LogP contribution is 2.20. The van der Waals surface area contributed by atoms with Gasteiger partial charge in [0.1, 0.15) is 5.82 Å². The van der Waals surface area contributed by atoms with E-state index in [9.17, 15) is 9.18 Å². The average Bonchev–Trinajstić information content (AvgIpc) is 3.06. The highest BCUT2D eigenvalue weighted by molar-refractivity contribution is 5.93. The number of amides is 1. The number of benzene rings is 1. The number of fused-ring (bicyclic) bond motifs is 1. The van der Waals surface area contributed by atoms with E-state index in [-0.39, 0.29) is 17.8 Å². The van der Waals surface area contributed by atoms with Crippen LogP contribution in [0.1, 0.15) is 24.3 Å². The number of halogens is 1. The normalized spacial score (nSPS) is 12.7. The first kappa shape index (κ1) is 19.0. The van der Waals surface area contributed by atoms with Crippen LogP contribution in [0.4, 0.5) is 4.39 Å². The lowest BCUT2D eigenvalue weighted by Crippen LogP contribution is -2.43. The van der Waals surface area contributed by atoms with Crippen LogP contribution in [0.5, 0.6) is 0 Å². The van der Waals surface area contributed by atoms with E-state index in [1.807, 2.05) is 14.1 Å².